The van der Waals surface area contributed by atoms with Crippen LogP contribution in [-0.4, -0.2) is 45.7 Å². The summed E-state index contributed by atoms with van der Waals surface area (Å²) in [6.45, 7) is 12.9. The predicted molar refractivity (Wildman–Crippen MR) is 147 cm³/mol. The van der Waals surface area contributed by atoms with E-state index in [9.17, 15) is 14.4 Å². The monoisotopic (exact) mass is 513 g/mol. The minimum atomic E-state index is -0.994. The molecule has 0 saturated carbocycles. The molecule has 0 saturated heterocycles. The van der Waals surface area contributed by atoms with Gasteiger partial charge in [0, 0.05) is 17.0 Å². The van der Waals surface area contributed by atoms with Crippen molar-refractivity contribution in [2.24, 2.45) is 0 Å². The Labute approximate surface area is 220 Å². The fraction of sp³-hybridized carbons (Fsp3) is 0.464. The fourth-order valence-corrected chi connectivity index (χ4v) is 3.96. The summed E-state index contributed by atoms with van der Waals surface area (Å²) in [6, 6.07) is 14.7. The van der Waals surface area contributed by atoms with Gasteiger partial charge < -0.3 is 20.3 Å². The van der Waals surface area contributed by atoms with Crippen molar-refractivity contribution in [1.82, 2.24) is 10.2 Å². The first-order valence-corrected chi connectivity index (χ1v) is 12.8. The number of nitrogens with zero attached hydrogens (tertiary/aromatic N) is 1. The van der Waals surface area contributed by atoms with Crippen molar-refractivity contribution in [2.75, 3.05) is 11.1 Å². The zero-order valence-electron chi connectivity index (χ0n) is 22.3. The maximum Gasteiger partial charge on any atom is 0.408 e. The van der Waals surface area contributed by atoms with Gasteiger partial charge in [-0.25, -0.2) is 4.79 Å². The minimum absolute atomic E-state index is 0.0370. The fourth-order valence-electron chi connectivity index (χ4n) is 3.72. The third-order valence-corrected chi connectivity index (χ3v) is 6.32. The van der Waals surface area contributed by atoms with E-state index in [2.05, 4.69) is 23.3 Å². The first kappa shape index (κ1) is 29.2. The van der Waals surface area contributed by atoms with Gasteiger partial charge in [0.05, 0.1) is 0 Å². The molecule has 0 fully saturated rings. The van der Waals surface area contributed by atoms with Crippen molar-refractivity contribution < 1.29 is 19.1 Å². The van der Waals surface area contributed by atoms with Gasteiger partial charge in [-0.1, -0.05) is 55.5 Å². The van der Waals surface area contributed by atoms with Crippen LogP contribution in [0.1, 0.15) is 65.1 Å². The van der Waals surface area contributed by atoms with Gasteiger partial charge >= 0.3 is 6.09 Å². The number of benzene rings is 2. The Balaban J connectivity index is 2.54. The van der Waals surface area contributed by atoms with Crippen LogP contribution in [0.4, 0.5) is 10.5 Å². The SMILES string of the molecule is CCC(C)(C)N(C(=O)C(CS)NC(=O)OC(C)(C)C)C(C(=O)Nc1ccccc1C)c1ccccc1. The quantitative estimate of drug-likeness (QED) is 0.386. The van der Waals surface area contributed by atoms with Crippen LogP contribution in [0.25, 0.3) is 0 Å². The topological polar surface area (TPSA) is 87.7 Å². The lowest BCUT2D eigenvalue weighted by molar-refractivity contribution is -0.147. The summed E-state index contributed by atoms with van der Waals surface area (Å²) >= 11 is 4.34. The van der Waals surface area contributed by atoms with Crippen LogP contribution >= 0.6 is 12.6 Å². The van der Waals surface area contributed by atoms with Gasteiger partial charge in [0.25, 0.3) is 5.91 Å². The Morgan fingerprint density at radius 2 is 1.56 bits per heavy atom. The molecule has 2 atom stereocenters. The molecule has 36 heavy (non-hydrogen) atoms. The number of carbonyl (C=O) groups is 3. The molecule has 0 aliphatic heterocycles. The summed E-state index contributed by atoms with van der Waals surface area (Å²) in [5.74, 6) is -0.730. The number of alkyl carbamates (subject to hydrolysis) is 1. The second kappa shape index (κ2) is 12.3. The van der Waals surface area contributed by atoms with Crippen LogP contribution in [-0.2, 0) is 14.3 Å². The molecule has 196 valence electrons. The summed E-state index contributed by atoms with van der Waals surface area (Å²) in [5, 5.41) is 5.65. The van der Waals surface area contributed by atoms with E-state index >= 15 is 0 Å². The molecule has 0 bridgehead atoms. The number of thiol groups is 1. The molecule has 0 aromatic heterocycles. The van der Waals surface area contributed by atoms with E-state index < -0.39 is 35.2 Å². The van der Waals surface area contributed by atoms with Crippen LogP contribution < -0.4 is 10.6 Å². The van der Waals surface area contributed by atoms with Gasteiger partial charge in [-0.3, -0.25) is 9.59 Å². The molecule has 8 heteroatoms. The summed E-state index contributed by atoms with van der Waals surface area (Å²) in [7, 11) is 0. The average molecular weight is 514 g/mol. The number of hydrogen-bond donors (Lipinski definition) is 3. The van der Waals surface area contributed by atoms with E-state index in [0.717, 1.165) is 5.56 Å². The maximum atomic E-state index is 14.0. The number of hydrogen-bond acceptors (Lipinski definition) is 5. The number of aryl methyl sites for hydroxylation is 1. The minimum Gasteiger partial charge on any atom is -0.444 e. The molecule has 0 heterocycles. The summed E-state index contributed by atoms with van der Waals surface area (Å²) in [5.41, 5.74) is 0.787. The number of amides is 3. The Kier molecular flexibility index (Phi) is 9.99. The van der Waals surface area contributed by atoms with E-state index in [1.54, 1.807) is 25.7 Å². The Morgan fingerprint density at radius 3 is 2.08 bits per heavy atom. The largest absolute Gasteiger partial charge is 0.444 e. The molecule has 0 spiro atoms. The third kappa shape index (κ3) is 7.75. The molecule has 2 N–H and O–H groups in total. The van der Waals surface area contributed by atoms with Crippen molar-refractivity contribution >= 4 is 36.2 Å². The Bertz CT molecular complexity index is 1050. The maximum absolute atomic E-state index is 14.0. The molecule has 0 radical (unpaired) electrons. The van der Waals surface area contributed by atoms with Gasteiger partial charge in [0.2, 0.25) is 5.91 Å². The van der Waals surface area contributed by atoms with Crippen LogP contribution in [0.2, 0.25) is 0 Å². The number of rotatable bonds is 9. The van der Waals surface area contributed by atoms with Gasteiger partial charge in [-0.2, -0.15) is 12.6 Å². The average Bonchev–Trinajstić information content (AvgIpc) is 2.81. The zero-order valence-corrected chi connectivity index (χ0v) is 23.2. The molecule has 0 aliphatic rings. The number of para-hydroxylation sites is 1. The zero-order chi connectivity index (χ0) is 27.1. The number of anilines is 1. The van der Waals surface area contributed by atoms with Crippen molar-refractivity contribution in [3.8, 4) is 0 Å². The third-order valence-electron chi connectivity index (χ3n) is 5.95. The highest BCUT2D eigenvalue weighted by Gasteiger charge is 2.42. The lowest BCUT2D eigenvalue weighted by Crippen LogP contribution is -2.59. The second-order valence-electron chi connectivity index (χ2n) is 10.4. The standard InChI is InChI=1S/C28H39N3O4S/c1-8-28(6,7)31(25(33)22(18-36)30-26(34)35-27(3,4)5)23(20-15-10-9-11-16-20)24(32)29-21-17-13-12-14-19(21)2/h9-17,22-23,36H,8,18H2,1-7H3,(H,29,32)(H,30,34). The molecule has 2 aromatic carbocycles. The predicted octanol–water partition coefficient (Wildman–Crippen LogP) is 5.52. The van der Waals surface area contributed by atoms with Gasteiger partial charge in [0.1, 0.15) is 17.7 Å². The molecular formula is C28H39N3O4S. The smallest absolute Gasteiger partial charge is 0.408 e. The lowest BCUT2D eigenvalue weighted by atomic mass is 9.92. The lowest BCUT2D eigenvalue weighted by Gasteiger charge is -2.44. The molecule has 3 amide bonds. The summed E-state index contributed by atoms with van der Waals surface area (Å²) < 4.78 is 5.36. The number of carbonyl (C=O) groups excluding carboxylic acids is 3. The summed E-state index contributed by atoms with van der Waals surface area (Å²) in [6.07, 6.45) is -0.143. The van der Waals surface area contributed by atoms with Crippen LogP contribution in [0, 0.1) is 6.92 Å². The van der Waals surface area contributed by atoms with E-state index in [1.165, 1.54) is 0 Å². The highest BCUT2D eigenvalue weighted by molar-refractivity contribution is 7.80. The summed E-state index contributed by atoms with van der Waals surface area (Å²) in [4.78, 5) is 42.0. The Hall–Kier alpha value is -3.00. The molecule has 7 nitrogen and oxygen atoms in total. The first-order chi connectivity index (χ1) is 16.8. The Morgan fingerprint density at radius 1 is 0.972 bits per heavy atom. The normalized spacial score (nSPS) is 13.3. The van der Waals surface area contributed by atoms with E-state index in [-0.39, 0.29) is 11.7 Å². The van der Waals surface area contributed by atoms with Gasteiger partial charge in [-0.15, -0.1) is 0 Å². The van der Waals surface area contributed by atoms with Crippen molar-refractivity contribution in [2.45, 2.75) is 78.1 Å². The van der Waals surface area contributed by atoms with Gasteiger partial charge in [-0.05, 0) is 65.2 Å². The first-order valence-electron chi connectivity index (χ1n) is 12.2. The highest BCUT2D eigenvalue weighted by atomic mass is 32.1. The van der Waals surface area contributed by atoms with Crippen molar-refractivity contribution in [3.05, 3.63) is 65.7 Å². The molecular weight excluding hydrogens is 474 g/mol. The number of ether oxygens (including phenoxy) is 1. The van der Waals surface area contributed by atoms with E-state index in [0.29, 0.717) is 17.7 Å². The van der Waals surface area contributed by atoms with E-state index in [1.807, 2.05) is 82.3 Å². The van der Waals surface area contributed by atoms with E-state index in [4.69, 9.17) is 4.74 Å². The van der Waals surface area contributed by atoms with Crippen molar-refractivity contribution in [1.29, 1.82) is 0 Å². The van der Waals surface area contributed by atoms with Crippen LogP contribution in [0.5, 0.6) is 0 Å². The van der Waals surface area contributed by atoms with Crippen LogP contribution in [0.15, 0.2) is 54.6 Å². The second-order valence-corrected chi connectivity index (χ2v) is 10.7. The molecule has 2 unspecified atom stereocenters. The van der Waals surface area contributed by atoms with Crippen molar-refractivity contribution in [3.63, 3.8) is 0 Å². The van der Waals surface area contributed by atoms with Crippen LogP contribution in [0.3, 0.4) is 0 Å². The van der Waals surface area contributed by atoms with Gasteiger partial charge in [0.15, 0.2) is 0 Å². The number of nitrogens with one attached hydrogen (secondary N) is 2. The highest BCUT2D eigenvalue weighted by Crippen LogP contribution is 2.33. The molecule has 2 rings (SSSR count). The molecule has 0 aliphatic carbocycles. The molecule has 2 aromatic rings.